The lowest BCUT2D eigenvalue weighted by Gasteiger charge is -2.13. The van der Waals surface area contributed by atoms with E-state index in [-0.39, 0.29) is 29.9 Å². The van der Waals surface area contributed by atoms with Gasteiger partial charge in [0.15, 0.2) is 5.96 Å². The molecule has 0 spiro atoms. The number of aryl methyl sites for hydroxylation is 2. The Labute approximate surface area is 190 Å². The van der Waals surface area contributed by atoms with Crippen LogP contribution in [0, 0.1) is 0 Å². The third kappa shape index (κ3) is 7.68. The molecule has 29 heavy (non-hydrogen) atoms. The summed E-state index contributed by atoms with van der Waals surface area (Å²) in [6, 6.07) is 7.82. The Kier molecular flexibility index (Phi) is 11.3. The lowest BCUT2D eigenvalue weighted by atomic mass is 10.1. The van der Waals surface area contributed by atoms with Gasteiger partial charge in [-0.15, -0.1) is 24.0 Å². The SMILES string of the molecule is CCCC(=O)Nc1cccc(CNC(=NC)NCc2c(CC)noc2CC)c1.I. The molecule has 2 aromatic rings. The molecule has 1 amide bonds. The average molecular weight is 513 g/mol. The largest absolute Gasteiger partial charge is 0.361 e. The van der Waals surface area contributed by atoms with Gasteiger partial charge in [-0.2, -0.15) is 0 Å². The van der Waals surface area contributed by atoms with E-state index in [9.17, 15) is 4.79 Å². The van der Waals surface area contributed by atoms with Crippen molar-refractivity contribution in [1.29, 1.82) is 0 Å². The molecule has 1 aromatic carbocycles. The highest BCUT2D eigenvalue weighted by atomic mass is 127. The van der Waals surface area contributed by atoms with Gasteiger partial charge in [-0.05, 0) is 30.5 Å². The fourth-order valence-electron chi connectivity index (χ4n) is 2.93. The molecule has 0 aliphatic carbocycles. The Hall–Kier alpha value is -2.10. The van der Waals surface area contributed by atoms with Crippen molar-refractivity contribution in [2.75, 3.05) is 12.4 Å². The third-order valence-corrected chi connectivity index (χ3v) is 4.41. The molecule has 1 heterocycles. The molecular weight excluding hydrogens is 481 g/mol. The van der Waals surface area contributed by atoms with Gasteiger partial charge in [0.25, 0.3) is 0 Å². The predicted molar refractivity (Wildman–Crippen MR) is 128 cm³/mol. The zero-order chi connectivity index (χ0) is 20.4. The van der Waals surface area contributed by atoms with Gasteiger partial charge in [0.05, 0.1) is 5.69 Å². The van der Waals surface area contributed by atoms with E-state index in [4.69, 9.17) is 4.52 Å². The molecule has 3 N–H and O–H groups in total. The number of guanidine groups is 1. The van der Waals surface area contributed by atoms with Crippen LogP contribution in [0.5, 0.6) is 0 Å². The fraction of sp³-hybridized carbons (Fsp3) is 0.476. The van der Waals surface area contributed by atoms with Gasteiger partial charge in [-0.25, -0.2) is 0 Å². The van der Waals surface area contributed by atoms with Crippen molar-refractivity contribution in [3.63, 3.8) is 0 Å². The summed E-state index contributed by atoms with van der Waals surface area (Å²) in [6.45, 7) is 7.33. The summed E-state index contributed by atoms with van der Waals surface area (Å²) >= 11 is 0. The lowest BCUT2D eigenvalue weighted by molar-refractivity contribution is -0.116. The first-order valence-corrected chi connectivity index (χ1v) is 9.90. The zero-order valence-electron chi connectivity index (χ0n) is 17.7. The van der Waals surface area contributed by atoms with Crippen molar-refractivity contribution in [3.8, 4) is 0 Å². The van der Waals surface area contributed by atoms with Crippen LogP contribution >= 0.6 is 24.0 Å². The van der Waals surface area contributed by atoms with Gasteiger partial charge < -0.3 is 20.5 Å². The van der Waals surface area contributed by atoms with E-state index in [0.717, 1.165) is 47.5 Å². The molecule has 2 rings (SSSR count). The second kappa shape index (κ2) is 13.2. The number of hydrogen-bond donors (Lipinski definition) is 3. The summed E-state index contributed by atoms with van der Waals surface area (Å²) < 4.78 is 5.41. The second-order valence-electron chi connectivity index (χ2n) is 6.52. The molecular formula is C21H32IN5O2. The Morgan fingerprint density at radius 1 is 1.14 bits per heavy atom. The normalized spacial score (nSPS) is 11.0. The van der Waals surface area contributed by atoms with Crippen molar-refractivity contribution in [3.05, 3.63) is 46.8 Å². The van der Waals surface area contributed by atoms with Crippen LogP contribution in [-0.4, -0.2) is 24.1 Å². The standard InChI is InChI=1S/C21H31N5O2.HI/c1-5-9-20(27)25-16-11-8-10-15(12-16)13-23-21(22-4)24-14-17-18(6-2)26-28-19(17)7-3;/h8,10-12H,5-7,9,13-14H2,1-4H3,(H,25,27)(H2,22,23,24);1H. The van der Waals surface area contributed by atoms with Crippen LogP contribution in [-0.2, 0) is 30.7 Å². The third-order valence-electron chi connectivity index (χ3n) is 4.41. The van der Waals surface area contributed by atoms with E-state index >= 15 is 0 Å². The molecule has 8 heteroatoms. The summed E-state index contributed by atoms with van der Waals surface area (Å²) in [5.74, 6) is 1.65. The number of nitrogens with one attached hydrogen (secondary N) is 3. The monoisotopic (exact) mass is 513 g/mol. The predicted octanol–water partition coefficient (Wildman–Crippen LogP) is 4.02. The number of hydrogen-bond acceptors (Lipinski definition) is 4. The molecule has 0 saturated carbocycles. The maximum Gasteiger partial charge on any atom is 0.224 e. The van der Waals surface area contributed by atoms with Gasteiger partial charge in [0, 0.05) is 44.2 Å². The Morgan fingerprint density at radius 3 is 2.55 bits per heavy atom. The van der Waals surface area contributed by atoms with Crippen molar-refractivity contribution < 1.29 is 9.32 Å². The first-order chi connectivity index (χ1) is 13.6. The molecule has 0 fully saturated rings. The van der Waals surface area contributed by atoms with E-state index in [2.05, 4.69) is 39.9 Å². The zero-order valence-corrected chi connectivity index (χ0v) is 20.0. The summed E-state index contributed by atoms with van der Waals surface area (Å²) in [4.78, 5) is 16.1. The van der Waals surface area contributed by atoms with Gasteiger partial charge >= 0.3 is 0 Å². The minimum absolute atomic E-state index is 0. The number of carbonyl (C=O) groups is 1. The lowest BCUT2D eigenvalue weighted by Crippen LogP contribution is -2.36. The van der Waals surface area contributed by atoms with Crippen molar-refractivity contribution in [2.24, 2.45) is 4.99 Å². The molecule has 0 atom stereocenters. The van der Waals surface area contributed by atoms with Crippen LogP contribution in [0.2, 0.25) is 0 Å². The van der Waals surface area contributed by atoms with Crippen LogP contribution in [0.1, 0.15) is 56.2 Å². The van der Waals surface area contributed by atoms with E-state index in [1.807, 2.05) is 31.2 Å². The smallest absolute Gasteiger partial charge is 0.224 e. The average Bonchev–Trinajstić information content (AvgIpc) is 3.10. The summed E-state index contributed by atoms with van der Waals surface area (Å²) in [7, 11) is 1.74. The topological polar surface area (TPSA) is 91.5 Å². The molecule has 0 bridgehead atoms. The van der Waals surface area contributed by atoms with E-state index in [0.29, 0.717) is 25.5 Å². The number of aromatic nitrogens is 1. The number of aliphatic imine (C=N–C) groups is 1. The highest BCUT2D eigenvalue weighted by Gasteiger charge is 2.13. The number of amides is 1. The number of rotatable bonds is 9. The van der Waals surface area contributed by atoms with E-state index < -0.39 is 0 Å². The molecule has 160 valence electrons. The molecule has 0 saturated heterocycles. The molecule has 0 aliphatic heterocycles. The van der Waals surface area contributed by atoms with E-state index in [1.165, 1.54) is 0 Å². The molecule has 7 nitrogen and oxygen atoms in total. The van der Waals surface area contributed by atoms with Crippen LogP contribution in [0.15, 0.2) is 33.8 Å². The van der Waals surface area contributed by atoms with Crippen LogP contribution in [0.4, 0.5) is 5.69 Å². The Morgan fingerprint density at radius 2 is 1.90 bits per heavy atom. The first-order valence-electron chi connectivity index (χ1n) is 9.90. The number of anilines is 1. The number of halogens is 1. The molecule has 0 radical (unpaired) electrons. The molecule has 0 aliphatic rings. The highest BCUT2D eigenvalue weighted by Crippen LogP contribution is 2.15. The number of carbonyl (C=O) groups excluding carboxylic acids is 1. The van der Waals surface area contributed by atoms with Crippen molar-refractivity contribution in [1.82, 2.24) is 15.8 Å². The minimum Gasteiger partial charge on any atom is -0.361 e. The summed E-state index contributed by atoms with van der Waals surface area (Å²) in [6.07, 6.45) is 3.01. The van der Waals surface area contributed by atoms with Gasteiger partial charge in [0.1, 0.15) is 5.76 Å². The van der Waals surface area contributed by atoms with Crippen LogP contribution < -0.4 is 16.0 Å². The second-order valence-corrected chi connectivity index (χ2v) is 6.52. The fourth-order valence-corrected chi connectivity index (χ4v) is 2.93. The van der Waals surface area contributed by atoms with Crippen LogP contribution in [0.3, 0.4) is 0 Å². The van der Waals surface area contributed by atoms with Crippen LogP contribution in [0.25, 0.3) is 0 Å². The number of nitrogens with zero attached hydrogens (tertiary/aromatic N) is 2. The van der Waals surface area contributed by atoms with Crippen molar-refractivity contribution >= 4 is 41.5 Å². The van der Waals surface area contributed by atoms with E-state index in [1.54, 1.807) is 7.05 Å². The molecule has 1 aromatic heterocycles. The quantitative estimate of drug-likeness (QED) is 0.268. The maximum absolute atomic E-state index is 11.8. The van der Waals surface area contributed by atoms with Crippen molar-refractivity contribution in [2.45, 2.75) is 59.5 Å². The Bertz CT molecular complexity index is 783. The van der Waals surface area contributed by atoms with Gasteiger partial charge in [-0.1, -0.05) is 38.1 Å². The maximum atomic E-state index is 11.8. The molecule has 0 unspecified atom stereocenters. The first kappa shape index (κ1) is 24.9. The van der Waals surface area contributed by atoms with Gasteiger partial charge in [-0.3, -0.25) is 9.79 Å². The minimum atomic E-state index is 0. The number of benzene rings is 1. The van der Waals surface area contributed by atoms with Gasteiger partial charge in [0.2, 0.25) is 5.91 Å². The summed E-state index contributed by atoms with van der Waals surface area (Å²) in [5, 5.41) is 13.7. The highest BCUT2D eigenvalue weighted by molar-refractivity contribution is 14.0. The summed E-state index contributed by atoms with van der Waals surface area (Å²) in [5.41, 5.74) is 3.96. The Balaban J connectivity index is 0.00000420.